The first-order valence-corrected chi connectivity index (χ1v) is 14.9. The molecule has 5 rings (SSSR count). The average Bonchev–Trinajstić information content (AvgIpc) is 3.25. The van der Waals surface area contributed by atoms with Gasteiger partial charge in [-0.05, 0) is 67.4 Å². The number of hydrogen-bond donors (Lipinski definition) is 0. The SMILES string of the molecule is O=C1/C(=C\c2ccccc2OCCCc2ccccc2)N(CCCc2ccccc2)C(=O)N1CCCc1ccccc1. The number of para-hydroxylation sites is 1. The summed E-state index contributed by atoms with van der Waals surface area (Å²) in [5.74, 6) is 0.469. The van der Waals surface area contributed by atoms with Gasteiger partial charge >= 0.3 is 6.03 Å². The third-order valence-electron chi connectivity index (χ3n) is 7.52. The van der Waals surface area contributed by atoms with E-state index in [2.05, 4.69) is 36.4 Å². The quantitative estimate of drug-likeness (QED) is 0.0911. The molecule has 1 aliphatic heterocycles. The average molecular weight is 559 g/mol. The standard InChI is InChI=1S/C37H38N2O3/c40-36-34(29-33-24-10-11-25-35(33)42-28-14-23-32-19-8-3-9-20-32)38(26-12-21-30-15-4-1-5-16-30)37(41)39(36)27-13-22-31-17-6-2-7-18-31/h1-11,15-20,24-25,29H,12-14,21-23,26-28H2/b34-29+. The van der Waals surface area contributed by atoms with Gasteiger partial charge < -0.3 is 4.74 Å². The molecule has 0 atom stereocenters. The lowest BCUT2D eigenvalue weighted by atomic mass is 10.1. The fraction of sp³-hybridized carbons (Fsp3) is 0.243. The van der Waals surface area contributed by atoms with Gasteiger partial charge in [0.15, 0.2) is 0 Å². The number of amides is 3. The van der Waals surface area contributed by atoms with Gasteiger partial charge in [-0.25, -0.2) is 4.79 Å². The summed E-state index contributed by atoms with van der Waals surface area (Å²) in [5, 5.41) is 0. The Balaban J connectivity index is 1.29. The van der Waals surface area contributed by atoms with E-state index in [-0.39, 0.29) is 11.9 Å². The third kappa shape index (κ3) is 7.76. The van der Waals surface area contributed by atoms with Gasteiger partial charge in [-0.2, -0.15) is 0 Å². The van der Waals surface area contributed by atoms with Crippen LogP contribution in [0, 0.1) is 0 Å². The van der Waals surface area contributed by atoms with E-state index in [1.807, 2.05) is 84.9 Å². The molecule has 214 valence electrons. The van der Waals surface area contributed by atoms with Crippen molar-refractivity contribution in [3.05, 3.63) is 143 Å². The van der Waals surface area contributed by atoms with Gasteiger partial charge in [-0.1, -0.05) is 109 Å². The summed E-state index contributed by atoms with van der Waals surface area (Å²) in [4.78, 5) is 30.3. The van der Waals surface area contributed by atoms with Crippen LogP contribution in [-0.2, 0) is 24.1 Å². The lowest BCUT2D eigenvalue weighted by Crippen LogP contribution is -2.34. The Bertz CT molecular complexity index is 1470. The second-order valence-corrected chi connectivity index (χ2v) is 10.6. The van der Waals surface area contributed by atoms with Crippen molar-refractivity contribution in [2.45, 2.75) is 38.5 Å². The molecule has 42 heavy (non-hydrogen) atoms. The molecule has 3 amide bonds. The van der Waals surface area contributed by atoms with E-state index in [1.54, 1.807) is 4.90 Å². The molecule has 1 aliphatic rings. The smallest absolute Gasteiger partial charge is 0.331 e. The Kier molecular flexibility index (Phi) is 10.2. The second-order valence-electron chi connectivity index (χ2n) is 10.6. The van der Waals surface area contributed by atoms with Gasteiger partial charge in [-0.3, -0.25) is 14.6 Å². The number of rotatable bonds is 14. The number of nitrogens with zero attached hydrogens (tertiary/aromatic N) is 2. The maximum atomic E-state index is 13.7. The molecular weight excluding hydrogens is 520 g/mol. The summed E-state index contributed by atoms with van der Waals surface area (Å²) < 4.78 is 6.17. The van der Waals surface area contributed by atoms with E-state index < -0.39 is 0 Å². The number of carbonyl (C=O) groups is 2. The number of hydrogen-bond acceptors (Lipinski definition) is 3. The first-order valence-electron chi connectivity index (χ1n) is 14.9. The van der Waals surface area contributed by atoms with Crippen LogP contribution in [0.2, 0.25) is 0 Å². The molecule has 4 aromatic rings. The minimum absolute atomic E-state index is 0.242. The fourth-order valence-electron chi connectivity index (χ4n) is 5.30. The first-order chi connectivity index (χ1) is 20.7. The minimum Gasteiger partial charge on any atom is -0.493 e. The molecule has 0 saturated carbocycles. The first kappa shape index (κ1) is 28.9. The third-order valence-corrected chi connectivity index (χ3v) is 7.52. The highest BCUT2D eigenvalue weighted by Crippen LogP contribution is 2.28. The Hall–Kier alpha value is -4.64. The summed E-state index contributed by atoms with van der Waals surface area (Å²) in [6, 6.07) is 38.3. The molecule has 1 saturated heterocycles. The van der Waals surface area contributed by atoms with Gasteiger partial charge in [0, 0.05) is 18.7 Å². The molecule has 0 aromatic heterocycles. The predicted octanol–water partition coefficient (Wildman–Crippen LogP) is 7.57. The number of aryl methyl sites for hydroxylation is 3. The molecule has 4 aromatic carbocycles. The minimum atomic E-state index is -0.244. The van der Waals surface area contributed by atoms with Crippen molar-refractivity contribution in [3.63, 3.8) is 0 Å². The van der Waals surface area contributed by atoms with Gasteiger partial charge in [0.25, 0.3) is 5.91 Å². The van der Waals surface area contributed by atoms with Crippen molar-refractivity contribution in [3.8, 4) is 5.75 Å². The molecule has 0 spiro atoms. The molecule has 0 unspecified atom stereocenters. The monoisotopic (exact) mass is 558 g/mol. The summed E-state index contributed by atoms with van der Waals surface area (Å²) in [7, 11) is 0. The molecule has 5 nitrogen and oxygen atoms in total. The van der Waals surface area contributed by atoms with E-state index >= 15 is 0 Å². The number of benzene rings is 4. The second kappa shape index (κ2) is 14.8. The molecule has 0 bridgehead atoms. The molecule has 1 fully saturated rings. The normalized spacial score (nSPS) is 14.1. The van der Waals surface area contributed by atoms with Crippen LogP contribution in [0.5, 0.6) is 5.75 Å². The van der Waals surface area contributed by atoms with Crippen molar-refractivity contribution in [1.82, 2.24) is 9.80 Å². The predicted molar refractivity (Wildman–Crippen MR) is 168 cm³/mol. The number of carbonyl (C=O) groups excluding carboxylic acids is 2. The van der Waals surface area contributed by atoms with Crippen LogP contribution >= 0.6 is 0 Å². The van der Waals surface area contributed by atoms with E-state index in [0.717, 1.165) is 37.7 Å². The Morgan fingerprint density at radius 3 is 1.60 bits per heavy atom. The van der Waals surface area contributed by atoms with Gasteiger partial charge in [0.05, 0.1) is 6.61 Å². The molecule has 0 aliphatic carbocycles. The zero-order valence-corrected chi connectivity index (χ0v) is 24.0. The molecule has 5 heteroatoms. The van der Waals surface area contributed by atoms with Crippen LogP contribution in [0.3, 0.4) is 0 Å². The number of urea groups is 1. The topological polar surface area (TPSA) is 49.9 Å². The highest BCUT2D eigenvalue weighted by atomic mass is 16.5. The van der Waals surface area contributed by atoms with Crippen LogP contribution in [-0.4, -0.2) is 41.4 Å². The largest absolute Gasteiger partial charge is 0.493 e. The highest BCUT2D eigenvalue weighted by molar-refractivity contribution is 6.14. The lowest BCUT2D eigenvalue weighted by Gasteiger charge is -2.17. The van der Waals surface area contributed by atoms with Crippen molar-refractivity contribution >= 4 is 18.0 Å². The van der Waals surface area contributed by atoms with Crippen LogP contribution in [0.1, 0.15) is 41.5 Å². The Morgan fingerprint density at radius 2 is 1.02 bits per heavy atom. The number of ether oxygens (including phenoxy) is 1. The van der Waals surface area contributed by atoms with Gasteiger partial charge in [0.1, 0.15) is 11.4 Å². The van der Waals surface area contributed by atoms with E-state index in [0.29, 0.717) is 37.6 Å². The fourth-order valence-corrected chi connectivity index (χ4v) is 5.30. The zero-order chi connectivity index (χ0) is 29.0. The van der Waals surface area contributed by atoms with Crippen LogP contribution in [0.25, 0.3) is 6.08 Å². The van der Waals surface area contributed by atoms with Crippen molar-refractivity contribution < 1.29 is 14.3 Å². The lowest BCUT2D eigenvalue weighted by molar-refractivity contribution is -0.123. The van der Waals surface area contributed by atoms with Crippen molar-refractivity contribution in [2.24, 2.45) is 0 Å². The summed E-state index contributed by atoms with van der Waals surface area (Å²) in [6.07, 6.45) is 6.76. The summed E-state index contributed by atoms with van der Waals surface area (Å²) in [5.41, 5.74) is 4.91. The summed E-state index contributed by atoms with van der Waals surface area (Å²) >= 11 is 0. The maximum absolute atomic E-state index is 13.7. The molecule has 0 radical (unpaired) electrons. The summed E-state index contributed by atoms with van der Waals surface area (Å²) in [6.45, 7) is 1.42. The van der Waals surface area contributed by atoms with Crippen LogP contribution < -0.4 is 4.74 Å². The molecule has 1 heterocycles. The van der Waals surface area contributed by atoms with Crippen molar-refractivity contribution in [2.75, 3.05) is 19.7 Å². The van der Waals surface area contributed by atoms with Crippen molar-refractivity contribution in [1.29, 1.82) is 0 Å². The maximum Gasteiger partial charge on any atom is 0.331 e. The van der Waals surface area contributed by atoms with Gasteiger partial charge in [0.2, 0.25) is 0 Å². The molecule has 0 N–H and O–H groups in total. The van der Waals surface area contributed by atoms with E-state index in [9.17, 15) is 9.59 Å². The number of imide groups is 1. The van der Waals surface area contributed by atoms with E-state index in [1.165, 1.54) is 21.6 Å². The van der Waals surface area contributed by atoms with Gasteiger partial charge in [-0.15, -0.1) is 0 Å². The molecular formula is C37H38N2O3. The highest BCUT2D eigenvalue weighted by Gasteiger charge is 2.40. The van der Waals surface area contributed by atoms with E-state index in [4.69, 9.17) is 4.74 Å². The van der Waals surface area contributed by atoms with Crippen LogP contribution in [0.15, 0.2) is 121 Å². The Labute approximate surface area is 249 Å². The Morgan fingerprint density at radius 1 is 0.548 bits per heavy atom. The van der Waals surface area contributed by atoms with Crippen LogP contribution in [0.4, 0.5) is 4.79 Å². The zero-order valence-electron chi connectivity index (χ0n) is 24.0.